The second-order valence-electron chi connectivity index (χ2n) is 2.95. The zero-order valence-electron chi connectivity index (χ0n) is 7.08. The van der Waals surface area contributed by atoms with E-state index in [9.17, 15) is 4.79 Å². The summed E-state index contributed by atoms with van der Waals surface area (Å²) in [6.07, 6.45) is 2.18. The van der Waals surface area contributed by atoms with Crippen LogP contribution in [0.15, 0.2) is 17.2 Å². The van der Waals surface area contributed by atoms with Crippen molar-refractivity contribution in [2.24, 2.45) is 11.7 Å². The first-order valence-electron chi connectivity index (χ1n) is 3.96. The van der Waals surface area contributed by atoms with Gasteiger partial charge in [-0.3, -0.25) is 4.79 Å². The SMILES string of the molecule is CC(CN)Cc1cc(=O)[nH]cn1. The molecule has 0 aliphatic carbocycles. The molecule has 1 heterocycles. The van der Waals surface area contributed by atoms with Crippen LogP contribution in [0, 0.1) is 5.92 Å². The van der Waals surface area contributed by atoms with Gasteiger partial charge in [0, 0.05) is 11.8 Å². The lowest BCUT2D eigenvalue weighted by Gasteiger charge is -2.05. The summed E-state index contributed by atoms with van der Waals surface area (Å²) in [7, 11) is 0. The Morgan fingerprint density at radius 3 is 3.08 bits per heavy atom. The number of aromatic amines is 1. The Kier molecular flexibility index (Phi) is 2.99. The van der Waals surface area contributed by atoms with E-state index in [1.807, 2.05) is 6.92 Å². The minimum atomic E-state index is -0.107. The summed E-state index contributed by atoms with van der Waals surface area (Å²) < 4.78 is 0. The van der Waals surface area contributed by atoms with Gasteiger partial charge in [0.15, 0.2) is 0 Å². The number of H-pyrrole nitrogens is 1. The first kappa shape index (κ1) is 8.93. The fraction of sp³-hybridized carbons (Fsp3) is 0.500. The standard InChI is InChI=1S/C8H13N3O/c1-6(4-9)2-7-3-8(12)11-5-10-7/h3,5-6H,2,4,9H2,1H3,(H,10,11,12). The monoisotopic (exact) mass is 167 g/mol. The van der Waals surface area contributed by atoms with Crippen LogP contribution in [0.25, 0.3) is 0 Å². The van der Waals surface area contributed by atoms with Gasteiger partial charge in [0.1, 0.15) is 0 Å². The van der Waals surface area contributed by atoms with E-state index in [4.69, 9.17) is 5.73 Å². The van der Waals surface area contributed by atoms with E-state index in [0.29, 0.717) is 12.5 Å². The summed E-state index contributed by atoms with van der Waals surface area (Å²) in [4.78, 5) is 17.3. The summed E-state index contributed by atoms with van der Waals surface area (Å²) in [6.45, 7) is 2.65. The fourth-order valence-corrected chi connectivity index (χ4v) is 0.961. The van der Waals surface area contributed by atoms with E-state index in [1.165, 1.54) is 12.4 Å². The second-order valence-corrected chi connectivity index (χ2v) is 2.95. The molecule has 1 atom stereocenters. The maximum absolute atomic E-state index is 10.8. The van der Waals surface area contributed by atoms with E-state index in [2.05, 4.69) is 9.97 Å². The molecule has 0 bridgehead atoms. The molecule has 1 unspecified atom stereocenters. The molecule has 0 spiro atoms. The zero-order chi connectivity index (χ0) is 8.97. The molecule has 4 nitrogen and oxygen atoms in total. The van der Waals surface area contributed by atoms with Crippen LogP contribution < -0.4 is 11.3 Å². The number of nitrogens with two attached hydrogens (primary N) is 1. The first-order chi connectivity index (χ1) is 5.72. The number of hydrogen-bond donors (Lipinski definition) is 2. The maximum atomic E-state index is 10.8. The molecule has 0 saturated heterocycles. The Balaban J connectivity index is 2.69. The quantitative estimate of drug-likeness (QED) is 0.660. The van der Waals surface area contributed by atoms with Crippen LogP contribution in [0.1, 0.15) is 12.6 Å². The van der Waals surface area contributed by atoms with E-state index in [0.717, 1.165) is 12.1 Å². The predicted molar refractivity (Wildman–Crippen MR) is 46.8 cm³/mol. The average Bonchev–Trinajstić information content (AvgIpc) is 2.04. The molecule has 1 aromatic heterocycles. The van der Waals surface area contributed by atoms with Crippen LogP contribution in [0.3, 0.4) is 0 Å². The van der Waals surface area contributed by atoms with Crippen molar-refractivity contribution >= 4 is 0 Å². The molecule has 66 valence electrons. The number of nitrogens with zero attached hydrogens (tertiary/aromatic N) is 1. The predicted octanol–water partition coefficient (Wildman–Crippen LogP) is -0.0928. The largest absolute Gasteiger partial charge is 0.330 e. The molecule has 1 aromatic rings. The minimum absolute atomic E-state index is 0.107. The molecular formula is C8H13N3O. The molecule has 12 heavy (non-hydrogen) atoms. The van der Waals surface area contributed by atoms with Crippen molar-refractivity contribution in [2.75, 3.05) is 6.54 Å². The third-order valence-corrected chi connectivity index (χ3v) is 1.69. The summed E-state index contributed by atoms with van der Waals surface area (Å²) in [5.41, 5.74) is 6.14. The lowest BCUT2D eigenvalue weighted by Crippen LogP contribution is -2.15. The van der Waals surface area contributed by atoms with Gasteiger partial charge < -0.3 is 10.7 Å². The number of hydrogen-bond acceptors (Lipinski definition) is 3. The topological polar surface area (TPSA) is 71.8 Å². The van der Waals surface area contributed by atoms with E-state index >= 15 is 0 Å². The van der Waals surface area contributed by atoms with Crippen molar-refractivity contribution in [1.29, 1.82) is 0 Å². The highest BCUT2D eigenvalue weighted by atomic mass is 16.1. The van der Waals surface area contributed by atoms with Gasteiger partial charge >= 0.3 is 0 Å². The first-order valence-corrected chi connectivity index (χ1v) is 3.96. The van der Waals surface area contributed by atoms with Crippen LogP contribution in [-0.4, -0.2) is 16.5 Å². The summed E-state index contributed by atoms with van der Waals surface area (Å²) in [5, 5.41) is 0. The molecule has 0 saturated carbocycles. The third kappa shape index (κ3) is 2.47. The van der Waals surface area contributed by atoms with Gasteiger partial charge in [0.2, 0.25) is 0 Å². The van der Waals surface area contributed by atoms with Crippen molar-refractivity contribution < 1.29 is 0 Å². The minimum Gasteiger partial charge on any atom is -0.330 e. The highest BCUT2D eigenvalue weighted by Gasteiger charge is 2.01. The molecule has 0 fully saturated rings. The molecule has 0 amide bonds. The van der Waals surface area contributed by atoms with Crippen LogP contribution in [-0.2, 0) is 6.42 Å². The Hall–Kier alpha value is -1.16. The Morgan fingerprint density at radius 1 is 1.75 bits per heavy atom. The molecule has 0 aliphatic heterocycles. The highest BCUT2D eigenvalue weighted by Crippen LogP contribution is 2.00. The summed E-state index contributed by atoms with van der Waals surface area (Å²) >= 11 is 0. The molecular weight excluding hydrogens is 154 g/mol. The molecule has 0 aromatic carbocycles. The van der Waals surface area contributed by atoms with E-state index in [-0.39, 0.29) is 5.56 Å². The van der Waals surface area contributed by atoms with Crippen LogP contribution in [0.5, 0.6) is 0 Å². The summed E-state index contributed by atoms with van der Waals surface area (Å²) in [6, 6.07) is 1.51. The molecule has 0 aliphatic rings. The highest BCUT2D eigenvalue weighted by molar-refractivity contribution is 4.99. The van der Waals surface area contributed by atoms with Gasteiger partial charge in [-0.1, -0.05) is 6.92 Å². The Morgan fingerprint density at radius 2 is 2.50 bits per heavy atom. The zero-order valence-corrected chi connectivity index (χ0v) is 7.08. The summed E-state index contributed by atoms with van der Waals surface area (Å²) in [5.74, 6) is 0.374. The van der Waals surface area contributed by atoms with Crippen LogP contribution in [0.2, 0.25) is 0 Å². The smallest absolute Gasteiger partial charge is 0.250 e. The molecule has 3 N–H and O–H groups in total. The number of nitrogens with one attached hydrogen (secondary N) is 1. The third-order valence-electron chi connectivity index (χ3n) is 1.69. The van der Waals surface area contributed by atoms with E-state index in [1.54, 1.807) is 0 Å². The van der Waals surface area contributed by atoms with Crippen LogP contribution in [0.4, 0.5) is 0 Å². The Bertz CT molecular complexity index is 294. The maximum Gasteiger partial charge on any atom is 0.250 e. The van der Waals surface area contributed by atoms with Crippen molar-refractivity contribution in [1.82, 2.24) is 9.97 Å². The molecule has 4 heteroatoms. The van der Waals surface area contributed by atoms with Crippen molar-refractivity contribution in [3.8, 4) is 0 Å². The van der Waals surface area contributed by atoms with Crippen molar-refractivity contribution in [3.05, 3.63) is 28.4 Å². The molecule has 1 rings (SSSR count). The van der Waals surface area contributed by atoms with Crippen molar-refractivity contribution in [3.63, 3.8) is 0 Å². The van der Waals surface area contributed by atoms with E-state index < -0.39 is 0 Å². The Labute approximate surface area is 70.8 Å². The lowest BCUT2D eigenvalue weighted by atomic mass is 10.1. The fourth-order valence-electron chi connectivity index (χ4n) is 0.961. The molecule has 0 radical (unpaired) electrons. The van der Waals surface area contributed by atoms with Crippen LogP contribution >= 0.6 is 0 Å². The van der Waals surface area contributed by atoms with Gasteiger partial charge in [-0.25, -0.2) is 4.98 Å². The number of aromatic nitrogens is 2. The van der Waals surface area contributed by atoms with Gasteiger partial charge in [-0.05, 0) is 18.9 Å². The second kappa shape index (κ2) is 4.01. The lowest BCUT2D eigenvalue weighted by molar-refractivity contribution is 0.583. The normalized spacial score (nSPS) is 12.8. The van der Waals surface area contributed by atoms with Gasteiger partial charge in [0.05, 0.1) is 6.33 Å². The van der Waals surface area contributed by atoms with Gasteiger partial charge in [0.25, 0.3) is 5.56 Å². The van der Waals surface area contributed by atoms with Gasteiger partial charge in [-0.2, -0.15) is 0 Å². The number of rotatable bonds is 3. The van der Waals surface area contributed by atoms with Crippen molar-refractivity contribution in [2.45, 2.75) is 13.3 Å². The average molecular weight is 167 g/mol. The van der Waals surface area contributed by atoms with Gasteiger partial charge in [-0.15, -0.1) is 0 Å².